The Morgan fingerprint density at radius 2 is 2.36 bits per heavy atom. The van der Waals surface area contributed by atoms with Gasteiger partial charge in [-0.3, -0.25) is 0 Å². The van der Waals surface area contributed by atoms with Crippen LogP contribution < -0.4 is 5.73 Å². The minimum Gasteiger partial charge on any atom is -0.326 e. The van der Waals surface area contributed by atoms with E-state index < -0.39 is 0 Å². The van der Waals surface area contributed by atoms with Gasteiger partial charge < -0.3 is 5.73 Å². The third-order valence-electron chi connectivity index (χ3n) is 1.56. The normalized spacial score (nSPS) is 25.5. The van der Waals surface area contributed by atoms with Gasteiger partial charge in [-0.15, -0.1) is 0 Å². The molecule has 11 heavy (non-hydrogen) atoms. The average Bonchev–Trinajstić information content (AvgIpc) is 2.01. The molecule has 0 saturated heterocycles. The number of hydrogen-bond donors (Lipinski definition) is 1. The van der Waals surface area contributed by atoms with Gasteiger partial charge in [0.1, 0.15) is 5.83 Å². The number of alkyl halides is 1. The van der Waals surface area contributed by atoms with E-state index in [4.69, 9.17) is 5.73 Å². The lowest BCUT2D eigenvalue weighted by Gasteiger charge is -2.15. The fraction of sp³-hybridized carbons (Fsp3) is 0.429. The first-order valence-corrected chi connectivity index (χ1v) is 5.58. The highest BCUT2D eigenvalue weighted by molar-refractivity contribution is 14.1. The number of nitrogens with two attached hydrogens (primary N) is 1. The molecule has 0 aromatic carbocycles. The topological polar surface area (TPSA) is 26.0 Å². The first-order chi connectivity index (χ1) is 5.16. The van der Waals surface area contributed by atoms with Crippen LogP contribution in [0.4, 0.5) is 4.39 Å². The first-order valence-electron chi connectivity index (χ1n) is 3.25. The third kappa shape index (κ3) is 2.15. The zero-order valence-electron chi connectivity index (χ0n) is 5.78. The summed E-state index contributed by atoms with van der Waals surface area (Å²) in [4.78, 5) is 0. The van der Waals surface area contributed by atoms with E-state index in [0.29, 0.717) is 10.1 Å². The van der Waals surface area contributed by atoms with Crippen LogP contribution in [0.25, 0.3) is 0 Å². The molecule has 1 nitrogen and oxygen atoms in total. The Labute approximate surface area is 92.6 Å². The molecule has 0 fully saturated rings. The predicted molar refractivity (Wildman–Crippen MR) is 61.7 cm³/mol. The Balaban J connectivity index is 2.90. The van der Waals surface area contributed by atoms with Gasteiger partial charge in [-0.05, 0) is 34.6 Å². The lowest BCUT2D eigenvalue weighted by Crippen LogP contribution is -2.11. The molecule has 0 amide bonds. The molecule has 1 aliphatic carbocycles. The summed E-state index contributed by atoms with van der Waals surface area (Å²) in [5.41, 5.74) is 6.37. The van der Waals surface area contributed by atoms with Crippen molar-refractivity contribution < 1.29 is 4.39 Å². The van der Waals surface area contributed by atoms with Crippen LogP contribution in [0.2, 0.25) is 0 Å². The lowest BCUT2D eigenvalue weighted by molar-refractivity contribution is 0.598. The van der Waals surface area contributed by atoms with Crippen molar-refractivity contribution in [1.82, 2.24) is 0 Å². The van der Waals surface area contributed by atoms with Crippen molar-refractivity contribution in [3.63, 3.8) is 0 Å². The highest BCUT2D eigenvalue weighted by Gasteiger charge is 2.19. The Morgan fingerprint density at radius 1 is 1.73 bits per heavy atom. The van der Waals surface area contributed by atoms with E-state index >= 15 is 0 Å². The quantitative estimate of drug-likeness (QED) is 0.551. The van der Waals surface area contributed by atoms with Crippen LogP contribution in [0, 0.1) is 0 Å². The van der Waals surface area contributed by atoms with E-state index in [9.17, 15) is 4.39 Å². The third-order valence-corrected chi connectivity index (χ3v) is 3.82. The summed E-state index contributed by atoms with van der Waals surface area (Å²) in [5.74, 6) is -0.0193. The van der Waals surface area contributed by atoms with Crippen molar-refractivity contribution in [2.75, 3.05) is 6.54 Å². The van der Waals surface area contributed by atoms with Crippen LogP contribution in [-0.4, -0.2) is 10.5 Å². The highest BCUT2D eigenvalue weighted by Crippen LogP contribution is 2.34. The van der Waals surface area contributed by atoms with E-state index in [-0.39, 0.29) is 9.75 Å². The molecule has 0 spiro atoms. The summed E-state index contributed by atoms with van der Waals surface area (Å²) in [5, 5.41) is 0. The smallest absolute Gasteiger partial charge is 0.127 e. The van der Waals surface area contributed by atoms with Gasteiger partial charge in [-0.1, -0.05) is 28.7 Å². The predicted octanol–water partition coefficient (Wildman–Crippen LogP) is 2.69. The maximum Gasteiger partial charge on any atom is 0.127 e. The first kappa shape index (κ1) is 9.91. The molecule has 0 aromatic rings. The summed E-state index contributed by atoms with van der Waals surface area (Å²) >= 11 is 4.11. The second kappa shape index (κ2) is 4.18. The molecule has 1 aliphatic rings. The van der Waals surface area contributed by atoms with E-state index in [0.717, 1.165) is 12.0 Å². The van der Waals surface area contributed by atoms with Crippen molar-refractivity contribution >= 4 is 45.2 Å². The number of halogens is 3. The van der Waals surface area contributed by atoms with E-state index in [2.05, 4.69) is 22.6 Å². The molecule has 1 atom stereocenters. The van der Waals surface area contributed by atoms with Gasteiger partial charge in [0.25, 0.3) is 0 Å². The Bertz CT molecular complexity index is 222. The fourth-order valence-electron chi connectivity index (χ4n) is 0.903. The zero-order valence-corrected chi connectivity index (χ0v) is 10.1. The van der Waals surface area contributed by atoms with Gasteiger partial charge in [0.2, 0.25) is 0 Å². The van der Waals surface area contributed by atoms with Crippen LogP contribution in [-0.2, 0) is 0 Å². The molecule has 62 valence electrons. The standard InChI is InChI=1S/C7H8FI2N/c8-6-5(9)2-1-4(3-11)7(6)10/h1,5H,2-3,11H2. The molecule has 0 saturated carbocycles. The Kier molecular flexibility index (Phi) is 3.76. The van der Waals surface area contributed by atoms with Gasteiger partial charge in [0.15, 0.2) is 0 Å². The van der Waals surface area contributed by atoms with E-state index in [1.807, 2.05) is 28.7 Å². The van der Waals surface area contributed by atoms with Gasteiger partial charge >= 0.3 is 0 Å². The molecule has 0 radical (unpaired) electrons. The van der Waals surface area contributed by atoms with E-state index in [1.54, 1.807) is 0 Å². The molecule has 0 heterocycles. The van der Waals surface area contributed by atoms with Crippen molar-refractivity contribution in [3.8, 4) is 0 Å². The monoisotopic (exact) mass is 379 g/mol. The van der Waals surface area contributed by atoms with E-state index in [1.165, 1.54) is 0 Å². The van der Waals surface area contributed by atoms with Crippen LogP contribution >= 0.6 is 45.2 Å². The highest BCUT2D eigenvalue weighted by atomic mass is 127. The fourth-order valence-corrected chi connectivity index (χ4v) is 2.88. The Morgan fingerprint density at radius 3 is 2.91 bits per heavy atom. The molecule has 2 N–H and O–H groups in total. The summed E-state index contributed by atoms with van der Waals surface area (Å²) in [7, 11) is 0. The molecule has 0 aromatic heterocycles. The number of hydrogen-bond acceptors (Lipinski definition) is 1. The van der Waals surface area contributed by atoms with Crippen molar-refractivity contribution in [3.05, 3.63) is 21.1 Å². The van der Waals surface area contributed by atoms with Crippen molar-refractivity contribution in [2.24, 2.45) is 5.73 Å². The minimum atomic E-state index is -0.0193. The molecule has 1 unspecified atom stereocenters. The number of allylic oxidation sites excluding steroid dienone is 2. The van der Waals surface area contributed by atoms with Crippen molar-refractivity contribution in [1.29, 1.82) is 0 Å². The molecule has 0 aliphatic heterocycles. The maximum absolute atomic E-state index is 13.2. The van der Waals surface area contributed by atoms with Crippen LogP contribution in [0.1, 0.15) is 6.42 Å². The van der Waals surface area contributed by atoms with Crippen LogP contribution in [0.5, 0.6) is 0 Å². The summed E-state index contributed by atoms with van der Waals surface area (Å²) in [6.45, 7) is 0.440. The summed E-state index contributed by atoms with van der Waals surface area (Å²) in [6.07, 6.45) is 2.79. The molecule has 1 rings (SSSR count). The molecular formula is C7H8FI2N. The SMILES string of the molecule is NCC1=CCC(I)C(F)=C1I. The summed E-state index contributed by atoms with van der Waals surface area (Å²) in [6, 6.07) is 0. The van der Waals surface area contributed by atoms with Gasteiger partial charge in [0, 0.05) is 10.1 Å². The average molecular weight is 379 g/mol. The van der Waals surface area contributed by atoms with Crippen LogP contribution in [0.15, 0.2) is 21.1 Å². The molecular weight excluding hydrogens is 371 g/mol. The van der Waals surface area contributed by atoms with Gasteiger partial charge in [-0.2, -0.15) is 0 Å². The zero-order chi connectivity index (χ0) is 8.43. The second-order valence-corrected chi connectivity index (χ2v) is 4.88. The van der Waals surface area contributed by atoms with Gasteiger partial charge in [0.05, 0.1) is 3.92 Å². The van der Waals surface area contributed by atoms with Crippen LogP contribution in [0.3, 0.4) is 0 Å². The second-order valence-electron chi connectivity index (χ2n) is 2.30. The lowest BCUT2D eigenvalue weighted by atomic mass is 10.1. The van der Waals surface area contributed by atoms with Crippen molar-refractivity contribution in [2.45, 2.75) is 10.3 Å². The summed E-state index contributed by atoms with van der Waals surface area (Å²) < 4.78 is 13.9. The molecule has 0 bridgehead atoms. The Hall–Kier alpha value is 0.830. The van der Waals surface area contributed by atoms with Gasteiger partial charge in [-0.25, -0.2) is 4.39 Å². The largest absolute Gasteiger partial charge is 0.326 e. The molecule has 4 heteroatoms. The maximum atomic E-state index is 13.2. The minimum absolute atomic E-state index is 0.00907. The number of rotatable bonds is 1.